The average molecular weight is 445 g/mol. The number of benzene rings is 3. The highest BCUT2D eigenvalue weighted by molar-refractivity contribution is 6.30. The van der Waals surface area contributed by atoms with Crippen molar-refractivity contribution in [3.63, 3.8) is 0 Å². The Kier molecular flexibility index (Phi) is 7.56. The zero-order valence-corrected chi connectivity index (χ0v) is 17.0. The summed E-state index contributed by atoms with van der Waals surface area (Å²) >= 11 is 5.97. The lowest BCUT2D eigenvalue weighted by molar-refractivity contribution is -0.120. The van der Waals surface area contributed by atoms with Crippen LogP contribution in [0.2, 0.25) is 5.02 Å². The van der Waals surface area contributed by atoms with Crippen LogP contribution in [0, 0.1) is 0 Å². The van der Waals surface area contributed by atoms with Crippen LogP contribution in [0.3, 0.4) is 0 Å². The molecule has 3 aromatic rings. The smallest absolute Gasteiger partial charge is 0.387 e. The van der Waals surface area contributed by atoms with Gasteiger partial charge in [-0.2, -0.15) is 8.78 Å². The Morgan fingerprint density at radius 2 is 1.48 bits per heavy atom. The van der Waals surface area contributed by atoms with Gasteiger partial charge in [0.05, 0.1) is 12.6 Å². The Bertz CT molecular complexity index is 1010. The molecular weight excluding hydrogens is 426 g/mol. The maximum absolute atomic E-state index is 12.5. The van der Waals surface area contributed by atoms with Gasteiger partial charge >= 0.3 is 6.61 Å². The fraction of sp³-hybridized carbons (Fsp3) is 0.130. The lowest BCUT2D eigenvalue weighted by Gasteiger charge is -2.20. The quantitative estimate of drug-likeness (QED) is 0.534. The van der Waals surface area contributed by atoms with Crippen LogP contribution in [0.5, 0.6) is 5.75 Å². The first-order valence-corrected chi connectivity index (χ1v) is 9.73. The van der Waals surface area contributed by atoms with Crippen LogP contribution in [0.25, 0.3) is 0 Å². The fourth-order valence-electron chi connectivity index (χ4n) is 2.92. The van der Waals surface area contributed by atoms with Crippen molar-refractivity contribution in [3.05, 3.63) is 101 Å². The zero-order chi connectivity index (χ0) is 22.2. The van der Waals surface area contributed by atoms with Crippen molar-refractivity contribution in [2.24, 2.45) is 0 Å². The maximum atomic E-state index is 12.5. The van der Waals surface area contributed by atoms with E-state index in [9.17, 15) is 18.4 Å². The van der Waals surface area contributed by atoms with Crippen molar-refractivity contribution in [2.45, 2.75) is 12.7 Å². The zero-order valence-electron chi connectivity index (χ0n) is 16.2. The SMILES string of the molecule is O=C(CNC(=O)c1ccc(OC(F)F)cc1)NC(c1ccccc1)c1ccc(Cl)cc1. The van der Waals surface area contributed by atoms with Gasteiger partial charge in [0.1, 0.15) is 5.75 Å². The molecule has 0 aliphatic heterocycles. The minimum Gasteiger partial charge on any atom is -0.435 e. The van der Waals surface area contributed by atoms with Gasteiger partial charge in [0.25, 0.3) is 5.91 Å². The van der Waals surface area contributed by atoms with Gasteiger partial charge in [0, 0.05) is 10.6 Å². The van der Waals surface area contributed by atoms with Crippen molar-refractivity contribution in [3.8, 4) is 5.75 Å². The first-order chi connectivity index (χ1) is 14.9. The van der Waals surface area contributed by atoms with Crippen LogP contribution < -0.4 is 15.4 Å². The largest absolute Gasteiger partial charge is 0.435 e. The Balaban J connectivity index is 1.63. The number of halogens is 3. The third-order valence-electron chi connectivity index (χ3n) is 4.39. The van der Waals surface area contributed by atoms with Gasteiger partial charge in [0.15, 0.2) is 0 Å². The molecule has 0 radical (unpaired) electrons. The number of hydrogen-bond donors (Lipinski definition) is 2. The predicted molar refractivity (Wildman–Crippen MR) is 113 cm³/mol. The molecule has 0 fully saturated rings. The molecule has 0 saturated heterocycles. The highest BCUT2D eigenvalue weighted by Crippen LogP contribution is 2.23. The summed E-state index contributed by atoms with van der Waals surface area (Å²) in [6.07, 6.45) is 0. The van der Waals surface area contributed by atoms with Crippen LogP contribution >= 0.6 is 11.6 Å². The van der Waals surface area contributed by atoms with Gasteiger partial charge in [-0.05, 0) is 47.5 Å². The molecule has 0 aromatic heterocycles. The summed E-state index contributed by atoms with van der Waals surface area (Å²) in [7, 11) is 0. The highest BCUT2D eigenvalue weighted by atomic mass is 35.5. The molecule has 3 rings (SSSR count). The molecule has 0 bridgehead atoms. The molecule has 1 unspecified atom stereocenters. The second kappa shape index (κ2) is 10.5. The van der Waals surface area contributed by atoms with Gasteiger partial charge in [-0.25, -0.2) is 0 Å². The van der Waals surface area contributed by atoms with E-state index in [4.69, 9.17) is 11.6 Å². The molecular formula is C23H19ClF2N2O3. The van der Waals surface area contributed by atoms with Crippen LogP contribution in [-0.2, 0) is 4.79 Å². The Morgan fingerprint density at radius 3 is 2.10 bits per heavy atom. The maximum Gasteiger partial charge on any atom is 0.387 e. The molecule has 0 aliphatic carbocycles. The Hall–Kier alpha value is -3.45. The van der Waals surface area contributed by atoms with E-state index in [1.807, 2.05) is 42.5 Å². The molecule has 31 heavy (non-hydrogen) atoms. The van der Waals surface area contributed by atoms with Crippen LogP contribution in [-0.4, -0.2) is 25.0 Å². The first-order valence-electron chi connectivity index (χ1n) is 9.35. The molecule has 1 atom stereocenters. The number of ether oxygens (including phenoxy) is 1. The van der Waals surface area contributed by atoms with Crippen LogP contribution in [0.4, 0.5) is 8.78 Å². The summed E-state index contributed by atoms with van der Waals surface area (Å²) in [6.45, 7) is -3.20. The Morgan fingerprint density at radius 1 is 0.871 bits per heavy atom. The molecule has 2 N–H and O–H groups in total. The molecule has 0 spiro atoms. The number of rotatable bonds is 8. The van der Waals surface area contributed by atoms with Crippen LogP contribution in [0.15, 0.2) is 78.9 Å². The molecule has 0 saturated carbocycles. The normalized spacial score (nSPS) is 11.6. The van der Waals surface area contributed by atoms with E-state index >= 15 is 0 Å². The van der Waals surface area contributed by atoms with Crippen molar-refractivity contribution in [2.75, 3.05) is 6.54 Å². The van der Waals surface area contributed by atoms with Crippen molar-refractivity contribution >= 4 is 23.4 Å². The standard InChI is InChI=1S/C23H19ClF2N2O3/c24-18-10-6-16(7-11-18)21(15-4-2-1-3-5-15)28-20(29)14-27-22(30)17-8-12-19(13-9-17)31-23(25)26/h1-13,21,23H,14H2,(H,27,30)(H,28,29). The molecule has 2 amide bonds. The third-order valence-corrected chi connectivity index (χ3v) is 4.64. The monoisotopic (exact) mass is 444 g/mol. The van der Waals surface area contributed by atoms with Gasteiger partial charge in [-0.1, -0.05) is 54.1 Å². The second-order valence-corrected chi connectivity index (χ2v) is 6.98. The molecule has 0 aliphatic rings. The lowest BCUT2D eigenvalue weighted by atomic mass is 9.98. The molecule has 0 heterocycles. The van der Waals surface area contributed by atoms with E-state index in [1.165, 1.54) is 24.3 Å². The minimum absolute atomic E-state index is 0.0574. The number of carbonyl (C=O) groups is 2. The van der Waals surface area contributed by atoms with Crippen molar-refractivity contribution < 1.29 is 23.1 Å². The topological polar surface area (TPSA) is 67.4 Å². The van der Waals surface area contributed by atoms with E-state index in [1.54, 1.807) is 12.1 Å². The van der Waals surface area contributed by atoms with Gasteiger partial charge in [0.2, 0.25) is 5.91 Å². The van der Waals surface area contributed by atoms with Crippen molar-refractivity contribution in [1.82, 2.24) is 10.6 Å². The van der Waals surface area contributed by atoms with Gasteiger partial charge < -0.3 is 15.4 Å². The summed E-state index contributed by atoms with van der Waals surface area (Å²) < 4.78 is 28.7. The van der Waals surface area contributed by atoms with Crippen LogP contribution in [0.1, 0.15) is 27.5 Å². The number of hydrogen-bond acceptors (Lipinski definition) is 3. The average Bonchev–Trinajstić information content (AvgIpc) is 2.77. The lowest BCUT2D eigenvalue weighted by Crippen LogP contribution is -2.39. The minimum atomic E-state index is -2.94. The molecule has 5 nitrogen and oxygen atoms in total. The number of alkyl halides is 2. The molecule has 3 aromatic carbocycles. The summed E-state index contributed by atoms with van der Waals surface area (Å²) in [5.41, 5.74) is 1.93. The van der Waals surface area contributed by atoms with Gasteiger partial charge in [-0.15, -0.1) is 0 Å². The van der Waals surface area contributed by atoms with E-state index in [-0.39, 0.29) is 17.9 Å². The summed E-state index contributed by atoms with van der Waals surface area (Å²) in [5.74, 6) is -0.964. The second-order valence-electron chi connectivity index (χ2n) is 6.55. The molecule has 160 valence electrons. The fourth-order valence-corrected chi connectivity index (χ4v) is 3.05. The summed E-state index contributed by atoms with van der Waals surface area (Å²) in [5, 5.41) is 6.00. The highest BCUT2D eigenvalue weighted by Gasteiger charge is 2.17. The van der Waals surface area contributed by atoms with E-state index < -0.39 is 24.5 Å². The number of nitrogens with one attached hydrogen (secondary N) is 2. The predicted octanol–water partition coefficient (Wildman–Crippen LogP) is 4.58. The summed E-state index contributed by atoms with van der Waals surface area (Å²) in [4.78, 5) is 24.8. The number of carbonyl (C=O) groups excluding carboxylic acids is 2. The van der Waals surface area contributed by atoms with E-state index in [0.29, 0.717) is 5.02 Å². The molecule has 8 heteroatoms. The van der Waals surface area contributed by atoms with Crippen molar-refractivity contribution in [1.29, 1.82) is 0 Å². The van der Waals surface area contributed by atoms with E-state index in [2.05, 4.69) is 15.4 Å². The number of amides is 2. The van der Waals surface area contributed by atoms with Gasteiger partial charge in [-0.3, -0.25) is 9.59 Å². The Labute approximate surface area is 183 Å². The summed E-state index contributed by atoms with van der Waals surface area (Å²) in [6, 6.07) is 21.3. The van der Waals surface area contributed by atoms with E-state index in [0.717, 1.165) is 11.1 Å². The third kappa shape index (κ3) is 6.52. The first kappa shape index (κ1) is 22.2.